The molecule has 3 rings (SSSR count). The van der Waals surface area contributed by atoms with Crippen molar-refractivity contribution in [2.24, 2.45) is 0 Å². The Bertz CT molecular complexity index is 883. The second-order valence-electron chi connectivity index (χ2n) is 6.60. The van der Waals surface area contributed by atoms with Crippen LogP contribution < -0.4 is 5.32 Å². The molecule has 0 aliphatic heterocycles. The summed E-state index contributed by atoms with van der Waals surface area (Å²) >= 11 is 0. The Morgan fingerprint density at radius 3 is 2.62 bits per heavy atom. The molecule has 1 unspecified atom stereocenters. The lowest BCUT2D eigenvalue weighted by Gasteiger charge is -2.17. The van der Waals surface area contributed by atoms with E-state index in [9.17, 15) is 9.18 Å². The lowest BCUT2D eigenvalue weighted by molar-refractivity contribution is -0.121. The maximum atomic E-state index is 13.4. The number of amides is 1. The molecule has 0 saturated carbocycles. The lowest BCUT2D eigenvalue weighted by Crippen LogP contribution is -2.26. The fraction of sp³-hybridized carbons (Fsp3) is 0.318. The van der Waals surface area contributed by atoms with Gasteiger partial charge in [0.05, 0.1) is 0 Å². The number of para-hydroxylation sites is 1. The number of hydrogen-bond donors (Lipinski definition) is 2. The Hall–Kier alpha value is -2.62. The summed E-state index contributed by atoms with van der Waals surface area (Å²) in [6, 6.07) is 12.7. The summed E-state index contributed by atoms with van der Waals surface area (Å²) in [6.07, 6.45) is 4.18. The zero-order valence-corrected chi connectivity index (χ0v) is 15.3. The Balaban J connectivity index is 2.03. The zero-order valence-electron chi connectivity index (χ0n) is 15.3. The molecule has 0 fully saturated rings. The van der Waals surface area contributed by atoms with E-state index >= 15 is 0 Å². The van der Waals surface area contributed by atoms with Crippen molar-refractivity contribution in [3.63, 3.8) is 0 Å². The number of rotatable bonds is 7. The number of benzene rings is 2. The standard InChI is InChI=1S/C22H25FN2O/c1-3-12-24-21(26)13-19(16-8-10-17(23)11-9-16)20-14-25-22-15(4-2)6-5-7-18(20)22/h5-11,14,19,25H,3-4,12-13H2,1-2H3,(H,24,26). The van der Waals surface area contributed by atoms with Crippen LogP contribution in [-0.4, -0.2) is 17.4 Å². The van der Waals surface area contributed by atoms with Crippen molar-refractivity contribution in [1.29, 1.82) is 0 Å². The van der Waals surface area contributed by atoms with Crippen molar-refractivity contribution < 1.29 is 9.18 Å². The monoisotopic (exact) mass is 352 g/mol. The first-order valence-corrected chi connectivity index (χ1v) is 9.25. The van der Waals surface area contributed by atoms with Gasteiger partial charge in [-0.3, -0.25) is 4.79 Å². The molecule has 3 aromatic rings. The molecule has 1 amide bonds. The van der Waals surface area contributed by atoms with E-state index in [4.69, 9.17) is 0 Å². The van der Waals surface area contributed by atoms with Crippen LogP contribution in [0.3, 0.4) is 0 Å². The van der Waals surface area contributed by atoms with E-state index in [-0.39, 0.29) is 17.6 Å². The molecule has 1 atom stereocenters. The van der Waals surface area contributed by atoms with Crippen LogP contribution in [0.25, 0.3) is 10.9 Å². The molecular formula is C22H25FN2O. The van der Waals surface area contributed by atoms with Gasteiger partial charge >= 0.3 is 0 Å². The number of aryl methyl sites for hydroxylation is 1. The highest BCUT2D eigenvalue weighted by Crippen LogP contribution is 2.34. The van der Waals surface area contributed by atoms with E-state index in [2.05, 4.69) is 35.4 Å². The molecule has 1 aromatic heterocycles. The van der Waals surface area contributed by atoms with E-state index in [0.29, 0.717) is 13.0 Å². The van der Waals surface area contributed by atoms with Crippen LogP contribution in [0.15, 0.2) is 48.7 Å². The molecule has 4 heteroatoms. The van der Waals surface area contributed by atoms with Crippen molar-refractivity contribution in [2.45, 2.75) is 39.0 Å². The van der Waals surface area contributed by atoms with Gasteiger partial charge in [0.1, 0.15) is 5.82 Å². The van der Waals surface area contributed by atoms with Gasteiger partial charge in [0.15, 0.2) is 0 Å². The predicted molar refractivity (Wildman–Crippen MR) is 104 cm³/mol. The summed E-state index contributed by atoms with van der Waals surface area (Å²) in [4.78, 5) is 15.8. The Morgan fingerprint density at radius 1 is 1.15 bits per heavy atom. The molecule has 26 heavy (non-hydrogen) atoms. The normalized spacial score (nSPS) is 12.3. The van der Waals surface area contributed by atoms with Crippen LogP contribution in [0.1, 0.15) is 49.3 Å². The fourth-order valence-corrected chi connectivity index (χ4v) is 3.45. The number of hydrogen-bond acceptors (Lipinski definition) is 1. The summed E-state index contributed by atoms with van der Waals surface area (Å²) in [5.41, 5.74) is 4.39. The Labute approximate surface area is 153 Å². The zero-order chi connectivity index (χ0) is 18.5. The molecule has 0 aliphatic rings. The Morgan fingerprint density at radius 2 is 1.92 bits per heavy atom. The largest absolute Gasteiger partial charge is 0.361 e. The average Bonchev–Trinajstić information content (AvgIpc) is 3.09. The summed E-state index contributed by atoms with van der Waals surface area (Å²) in [6.45, 7) is 4.83. The first-order chi connectivity index (χ1) is 12.6. The second-order valence-corrected chi connectivity index (χ2v) is 6.60. The van der Waals surface area contributed by atoms with Gasteiger partial charge in [0.2, 0.25) is 5.91 Å². The SMILES string of the molecule is CCCNC(=O)CC(c1ccc(F)cc1)c1c[nH]c2c(CC)cccc12. The van der Waals surface area contributed by atoms with Gasteiger partial charge in [-0.2, -0.15) is 0 Å². The lowest BCUT2D eigenvalue weighted by atomic mass is 9.87. The van der Waals surface area contributed by atoms with E-state index < -0.39 is 0 Å². The van der Waals surface area contributed by atoms with Crippen LogP contribution >= 0.6 is 0 Å². The number of nitrogens with one attached hydrogen (secondary N) is 2. The molecule has 2 N–H and O–H groups in total. The van der Waals surface area contributed by atoms with Gasteiger partial charge in [0.25, 0.3) is 0 Å². The van der Waals surface area contributed by atoms with Crippen LogP contribution in [0, 0.1) is 5.82 Å². The molecule has 1 heterocycles. The van der Waals surface area contributed by atoms with Crippen LogP contribution in [0.2, 0.25) is 0 Å². The second kappa shape index (κ2) is 8.17. The third kappa shape index (κ3) is 3.79. The minimum absolute atomic E-state index is 0.0159. The predicted octanol–water partition coefficient (Wildman–Crippen LogP) is 4.92. The number of halogens is 1. The van der Waals surface area contributed by atoms with Gasteiger partial charge in [-0.1, -0.05) is 44.2 Å². The van der Waals surface area contributed by atoms with Crippen LogP contribution in [-0.2, 0) is 11.2 Å². The Kier molecular flexibility index (Phi) is 5.71. The summed E-state index contributed by atoms with van der Waals surface area (Å²) in [7, 11) is 0. The molecule has 2 aromatic carbocycles. The van der Waals surface area contributed by atoms with E-state index in [0.717, 1.165) is 34.9 Å². The van der Waals surface area contributed by atoms with E-state index in [1.54, 1.807) is 12.1 Å². The molecular weight excluding hydrogens is 327 g/mol. The first kappa shape index (κ1) is 18.2. The number of fused-ring (bicyclic) bond motifs is 1. The van der Waals surface area contributed by atoms with Gasteiger partial charge in [-0.05, 0) is 41.7 Å². The summed E-state index contributed by atoms with van der Waals surface area (Å²) < 4.78 is 13.4. The van der Waals surface area contributed by atoms with E-state index in [1.165, 1.54) is 17.7 Å². The molecule has 0 aliphatic carbocycles. The molecule has 0 bridgehead atoms. The third-order valence-electron chi connectivity index (χ3n) is 4.82. The number of carbonyl (C=O) groups is 1. The van der Waals surface area contributed by atoms with Crippen molar-refractivity contribution in [3.8, 4) is 0 Å². The van der Waals surface area contributed by atoms with Crippen molar-refractivity contribution in [1.82, 2.24) is 10.3 Å². The van der Waals surface area contributed by atoms with Gasteiger partial charge in [-0.15, -0.1) is 0 Å². The highest BCUT2D eigenvalue weighted by molar-refractivity contribution is 5.88. The third-order valence-corrected chi connectivity index (χ3v) is 4.82. The summed E-state index contributed by atoms with van der Waals surface area (Å²) in [5, 5.41) is 4.08. The quantitative estimate of drug-likeness (QED) is 0.623. The van der Waals surface area contributed by atoms with Gasteiger partial charge in [-0.25, -0.2) is 4.39 Å². The number of carbonyl (C=O) groups excluding carboxylic acids is 1. The number of H-pyrrole nitrogens is 1. The van der Waals surface area contributed by atoms with Crippen molar-refractivity contribution >= 4 is 16.8 Å². The minimum Gasteiger partial charge on any atom is -0.361 e. The highest BCUT2D eigenvalue weighted by atomic mass is 19.1. The highest BCUT2D eigenvalue weighted by Gasteiger charge is 2.22. The van der Waals surface area contributed by atoms with Crippen LogP contribution in [0.4, 0.5) is 4.39 Å². The molecule has 136 valence electrons. The minimum atomic E-state index is -0.268. The maximum absolute atomic E-state index is 13.4. The van der Waals surface area contributed by atoms with Gasteiger partial charge < -0.3 is 10.3 Å². The number of aromatic nitrogens is 1. The molecule has 0 radical (unpaired) electrons. The fourth-order valence-electron chi connectivity index (χ4n) is 3.45. The maximum Gasteiger partial charge on any atom is 0.220 e. The average molecular weight is 352 g/mol. The topological polar surface area (TPSA) is 44.9 Å². The first-order valence-electron chi connectivity index (χ1n) is 9.25. The van der Waals surface area contributed by atoms with Crippen molar-refractivity contribution in [2.75, 3.05) is 6.54 Å². The smallest absolute Gasteiger partial charge is 0.220 e. The van der Waals surface area contributed by atoms with Gasteiger partial charge in [0, 0.05) is 36.0 Å². The van der Waals surface area contributed by atoms with Crippen molar-refractivity contribution in [3.05, 3.63) is 71.2 Å². The molecule has 0 spiro atoms. The van der Waals surface area contributed by atoms with Crippen LogP contribution in [0.5, 0.6) is 0 Å². The number of aromatic amines is 1. The molecule has 3 nitrogen and oxygen atoms in total. The van der Waals surface area contributed by atoms with E-state index in [1.807, 2.05) is 13.1 Å². The molecule has 0 saturated heterocycles. The summed E-state index contributed by atoms with van der Waals surface area (Å²) in [5.74, 6) is -0.370.